The summed E-state index contributed by atoms with van der Waals surface area (Å²) in [7, 11) is 0. The highest BCUT2D eigenvalue weighted by molar-refractivity contribution is 4.62. The van der Waals surface area contributed by atoms with Crippen LogP contribution in [0.1, 0.15) is 6.42 Å². The first-order chi connectivity index (χ1) is 6.35. The van der Waals surface area contributed by atoms with Crippen molar-refractivity contribution in [3.8, 4) is 0 Å². The molecule has 0 heterocycles. The molecule has 0 saturated heterocycles. The monoisotopic (exact) mass is 220 g/mol. The molecule has 0 amide bonds. The molecule has 0 rings (SSSR count). The van der Waals surface area contributed by atoms with Gasteiger partial charge >= 0.3 is 6.18 Å². The van der Waals surface area contributed by atoms with Gasteiger partial charge in [0.1, 0.15) is 0 Å². The van der Waals surface area contributed by atoms with Crippen LogP contribution in [0, 0.1) is 0 Å². The van der Waals surface area contributed by atoms with Gasteiger partial charge in [-0.1, -0.05) is 0 Å². The first-order valence-corrected chi connectivity index (χ1v) is 4.12. The van der Waals surface area contributed by atoms with Gasteiger partial charge in [0.15, 0.2) is 0 Å². The second-order valence-corrected chi connectivity index (χ2v) is 2.85. The van der Waals surface area contributed by atoms with Crippen molar-refractivity contribution >= 4 is 0 Å². The van der Waals surface area contributed by atoms with Crippen molar-refractivity contribution in [2.75, 3.05) is 26.2 Å². The van der Waals surface area contributed by atoms with Gasteiger partial charge in [0.25, 0.3) is 6.43 Å². The molecule has 2 nitrogen and oxygen atoms in total. The van der Waals surface area contributed by atoms with E-state index in [0.29, 0.717) is 0 Å². The molecule has 0 aromatic heterocycles. The van der Waals surface area contributed by atoms with E-state index in [-0.39, 0.29) is 13.1 Å². The zero-order chi connectivity index (χ0) is 11.2. The van der Waals surface area contributed by atoms with Crippen molar-refractivity contribution in [2.45, 2.75) is 19.0 Å². The van der Waals surface area contributed by atoms with E-state index in [4.69, 9.17) is 5.73 Å². The van der Waals surface area contributed by atoms with E-state index >= 15 is 0 Å². The van der Waals surface area contributed by atoms with Gasteiger partial charge in [0, 0.05) is 19.6 Å². The van der Waals surface area contributed by atoms with E-state index in [9.17, 15) is 22.0 Å². The molecular formula is C7H13F5N2. The molecular weight excluding hydrogens is 207 g/mol. The lowest BCUT2D eigenvalue weighted by atomic mass is 10.3. The first-order valence-electron chi connectivity index (χ1n) is 4.12. The van der Waals surface area contributed by atoms with Crippen molar-refractivity contribution in [2.24, 2.45) is 5.73 Å². The lowest BCUT2D eigenvalue weighted by molar-refractivity contribution is -0.138. The van der Waals surface area contributed by atoms with Crippen LogP contribution in [0.5, 0.6) is 0 Å². The topological polar surface area (TPSA) is 29.3 Å². The average molecular weight is 220 g/mol. The Hall–Kier alpha value is -0.430. The number of rotatable bonds is 6. The van der Waals surface area contributed by atoms with Crippen molar-refractivity contribution in [1.82, 2.24) is 4.90 Å². The molecule has 0 unspecified atom stereocenters. The summed E-state index contributed by atoms with van der Waals surface area (Å²) < 4.78 is 59.0. The Morgan fingerprint density at radius 3 is 2.07 bits per heavy atom. The molecule has 0 bridgehead atoms. The van der Waals surface area contributed by atoms with E-state index in [0.717, 1.165) is 4.90 Å². The fourth-order valence-electron chi connectivity index (χ4n) is 0.957. The summed E-state index contributed by atoms with van der Waals surface area (Å²) >= 11 is 0. The molecule has 2 N–H and O–H groups in total. The maximum Gasteiger partial charge on any atom is 0.390 e. The normalized spacial score (nSPS) is 12.9. The van der Waals surface area contributed by atoms with Crippen molar-refractivity contribution in [3.05, 3.63) is 0 Å². The summed E-state index contributed by atoms with van der Waals surface area (Å²) in [5, 5.41) is 0. The number of hydrogen-bond donors (Lipinski definition) is 1. The maximum absolute atomic E-state index is 11.9. The Balaban J connectivity index is 3.84. The summed E-state index contributed by atoms with van der Waals surface area (Å²) in [5.41, 5.74) is 5.08. The van der Waals surface area contributed by atoms with Gasteiger partial charge in [-0.3, -0.25) is 4.90 Å². The molecule has 86 valence electrons. The average Bonchev–Trinajstić information content (AvgIpc) is 1.98. The summed E-state index contributed by atoms with van der Waals surface area (Å²) in [6.07, 6.45) is -8.02. The standard InChI is InChI=1S/C7H13F5N2/c8-6(9)5-14(4-2-13)3-1-7(10,11)12/h6H,1-5,13H2. The van der Waals surface area contributed by atoms with Gasteiger partial charge in [-0.25, -0.2) is 8.78 Å². The Morgan fingerprint density at radius 1 is 1.14 bits per heavy atom. The Bertz CT molecular complexity index is 148. The number of hydrogen-bond acceptors (Lipinski definition) is 2. The molecule has 7 heteroatoms. The van der Waals surface area contributed by atoms with Gasteiger partial charge in [-0.2, -0.15) is 13.2 Å². The highest BCUT2D eigenvalue weighted by atomic mass is 19.4. The molecule has 0 aromatic rings. The van der Waals surface area contributed by atoms with E-state index < -0.39 is 32.1 Å². The number of nitrogens with zero attached hydrogens (tertiary/aromatic N) is 1. The minimum Gasteiger partial charge on any atom is -0.329 e. The molecule has 0 saturated carbocycles. The molecule has 0 radical (unpaired) electrons. The molecule has 0 atom stereocenters. The largest absolute Gasteiger partial charge is 0.390 e. The highest BCUT2D eigenvalue weighted by Gasteiger charge is 2.28. The lowest BCUT2D eigenvalue weighted by Gasteiger charge is -2.21. The van der Waals surface area contributed by atoms with Crippen LogP contribution in [0.4, 0.5) is 22.0 Å². The maximum atomic E-state index is 11.9. The lowest BCUT2D eigenvalue weighted by Crippen LogP contribution is -2.36. The van der Waals surface area contributed by atoms with Gasteiger partial charge in [-0.15, -0.1) is 0 Å². The van der Waals surface area contributed by atoms with Crippen LogP contribution in [0.25, 0.3) is 0 Å². The quantitative estimate of drug-likeness (QED) is 0.687. The fraction of sp³-hybridized carbons (Fsp3) is 1.00. The van der Waals surface area contributed by atoms with E-state index in [1.807, 2.05) is 0 Å². The van der Waals surface area contributed by atoms with Crippen LogP contribution < -0.4 is 5.73 Å². The van der Waals surface area contributed by atoms with Crippen molar-refractivity contribution in [3.63, 3.8) is 0 Å². The van der Waals surface area contributed by atoms with Gasteiger partial charge in [-0.05, 0) is 0 Å². The molecule has 14 heavy (non-hydrogen) atoms. The third-order valence-electron chi connectivity index (χ3n) is 1.55. The van der Waals surface area contributed by atoms with E-state index in [1.165, 1.54) is 0 Å². The van der Waals surface area contributed by atoms with Crippen molar-refractivity contribution < 1.29 is 22.0 Å². The van der Waals surface area contributed by atoms with Crippen molar-refractivity contribution in [1.29, 1.82) is 0 Å². The van der Waals surface area contributed by atoms with Crippen LogP contribution in [0.2, 0.25) is 0 Å². The Morgan fingerprint density at radius 2 is 1.71 bits per heavy atom. The Kier molecular flexibility index (Phi) is 5.94. The number of nitrogens with two attached hydrogens (primary N) is 1. The fourth-order valence-corrected chi connectivity index (χ4v) is 0.957. The minimum absolute atomic E-state index is 0.0560. The van der Waals surface area contributed by atoms with Crippen LogP contribution in [-0.4, -0.2) is 43.7 Å². The number of alkyl halides is 5. The van der Waals surface area contributed by atoms with E-state index in [2.05, 4.69) is 0 Å². The van der Waals surface area contributed by atoms with Crippen LogP contribution in [0.3, 0.4) is 0 Å². The zero-order valence-electron chi connectivity index (χ0n) is 7.53. The van der Waals surface area contributed by atoms with Crippen LogP contribution in [-0.2, 0) is 0 Å². The van der Waals surface area contributed by atoms with Gasteiger partial charge in [0.2, 0.25) is 0 Å². The van der Waals surface area contributed by atoms with Gasteiger partial charge < -0.3 is 5.73 Å². The second kappa shape index (κ2) is 6.13. The van der Waals surface area contributed by atoms with Crippen LogP contribution in [0.15, 0.2) is 0 Å². The molecule has 0 aliphatic carbocycles. The smallest absolute Gasteiger partial charge is 0.329 e. The molecule has 0 aromatic carbocycles. The predicted molar refractivity (Wildman–Crippen MR) is 42.2 cm³/mol. The summed E-state index contributed by atoms with van der Waals surface area (Å²) in [6.45, 7) is -0.955. The third kappa shape index (κ3) is 8.18. The van der Waals surface area contributed by atoms with E-state index in [1.54, 1.807) is 0 Å². The summed E-state index contributed by atoms with van der Waals surface area (Å²) in [6, 6.07) is 0. The summed E-state index contributed by atoms with van der Waals surface area (Å²) in [5.74, 6) is 0. The first kappa shape index (κ1) is 13.6. The third-order valence-corrected chi connectivity index (χ3v) is 1.55. The summed E-state index contributed by atoms with van der Waals surface area (Å²) in [4.78, 5) is 1.01. The SMILES string of the molecule is NCCN(CCC(F)(F)F)CC(F)F. The molecule has 0 fully saturated rings. The highest BCUT2D eigenvalue weighted by Crippen LogP contribution is 2.19. The second-order valence-electron chi connectivity index (χ2n) is 2.85. The molecule has 0 aliphatic heterocycles. The number of halogens is 5. The molecule has 0 spiro atoms. The van der Waals surface area contributed by atoms with Gasteiger partial charge in [0.05, 0.1) is 13.0 Å². The predicted octanol–water partition coefficient (Wildman–Crippen LogP) is 1.46. The zero-order valence-corrected chi connectivity index (χ0v) is 7.53. The minimum atomic E-state index is -4.31. The Labute approximate surface area is 78.9 Å². The van der Waals surface area contributed by atoms with Crippen LogP contribution >= 0.6 is 0 Å². The molecule has 0 aliphatic rings.